The Hall–Kier alpha value is -2.62. The molecule has 2 aromatic rings. The maximum Gasteiger partial charge on any atom is 0.277 e. The van der Waals surface area contributed by atoms with E-state index in [-0.39, 0.29) is 12.5 Å². The topological polar surface area (TPSA) is 50.7 Å². The van der Waals surface area contributed by atoms with Crippen molar-refractivity contribution in [3.8, 4) is 5.75 Å². The van der Waals surface area contributed by atoms with E-state index in [1.165, 1.54) is 5.56 Å². The Labute approximate surface area is 130 Å². The second-order valence-electron chi connectivity index (χ2n) is 4.94. The highest BCUT2D eigenvalue weighted by Crippen LogP contribution is 2.12. The van der Waals surface area contributed by atoms with Crippen LogP contribution in [0.2, 0.25) is 0 Å². The van der Waals surface area contributed by atoms with Crippen LogP contribution in [0, 0.1) is 6.92 Å². The van der Waals surface area contributed by atoms with Gasteiger partial charge in [0.05, 0.1) is 6.21 Å². The highest BCUT2D eigenvalue weighted by Gasteiger charge is 2.01. The lowest BCUT2D eigenvalue weighted by atomic mass is 10.1. The summed E-state index contributed by atoms with van der Waals surface area (Å²) in [6.45, 7) is 4.03. The number of hydrazone groups is 1. The van der Waals surface area contributed by atoms with Crippen molar-refractivity contribution in [1.82, 2.24) is 5.43 Å². The molecule has 0 aliphatic carbocycles. The molecule has 0 aromatic heterocycles. The minimum atomic E-state index is -0.288. The van der Waals surface area contributed by atoms with E-state index < -0.39 is 0 Å². The number of amides is 1. The average molecular weight is 296 g/mol. The van der Waals surface area contributed by atoms with Gasteiger partial charge >= 0.3 is 0 Å². The molecule has 1 amide bonds. The van der Waals surface area contributed by atoms with Crippen molar-refractivity contribution in [3.05, 3.63) is 65.2 Å². The molecule has 22 heavy (non-hydrogen) atoms. The number of nitrogens with one attached hydrogen (secondary N) is 1. The van der Waals surface area contributed by atoms with Gasteiger partial charge in [0.25, 0.3) is 5.91 Å². The van der Waals surface area contributed by atoms with E-state index in [2.05, 4.69) is 17.5 Å². The van der Waals surface area contributed by atoms with Crippen LogP contribution in [0.1, 0.15) is 23.6 Å². The molecule has 0 spiro atoms. The van der Waals surface area contributed by atoms with Crippen LogP contribution < -0.4 is 10.2 Å². The fraction of sp³-hybridized carbons (Fsp3) is 0.222. The van der Waals surface area contributed by atoms with E-state index in [0.29, 0.717) is 5.75 Å². The van der Waals surface area contributed by atoms with Crippen LogP contribution in [0.15, 0.2) is 53.6 Å². The molecule has 114 valence electrons. The van der Waals surface area contributed by atoms with Gasteiger partial charge in [-0.3, -0.25) is 4.79 Å². The minimum absolute atomic E-state index is 0.0589. The first-order valence-electron chi connectivity index (χ1n) is 7.28. The Morgan fingerprint density at radius 2 is 1.91 bits per heavy atom. The van der Waals surface area contributed by atoms with Crippen molar-refractivity contribution in [1.29, 1.82) is 0 Å². The van der Waals surface area contributed by atoms with Gasteiger partial charge in [-0.1, -0.05) is 43.3 Å². The van der Waals surface area contributed by atoms with Crippen LogP contribution in [-0.4, -0.2) is 18.7 Å². The number of aryl methyl sites for hydroxylation is 2. The molecule has 4 nitrogen and oxygen atoms in total. The maximum absolute atomic E-state index is 11.7. The maximum atomic E-state index is 11.7. The molecule has 0 heterocycles. The SMILES string of the molecule is CCc1ccc(OCC(=O)NN=Cc2ccccc2C)cc1. The van der Waals surface area contributed by atoms with E-state index in [0.717, 1.165) is 17.5 Å². The Kier molecular flexibility index (Phi) is 5.72. The van der Waals surface area contributed by atoms with E-state index in [1.54, 1.807) is 6.21 Å². The first kappa shape index (κ1) is 15.8. The largest absolute Gasteiger partial charge is 0.484 e. The number of hydrogen-bond acceptors (Lipinski definition) is 3. The third kappa shape index (κ3) is 4.74. The summed E-state index contributed by atoms with van der Waals surface area (Å²) in [5.74, 6) is 0.389. The molecule has 0 bridgehead atoms. The highest BCUT2D eigenvalue weighted by atomic mass is 16.5. The standard InChI is InChI=1S/C18H20N2O2/c1-3-15-8-10-17(11-9-15)22-13-18(21)20-19-12-16-7-5-4-6-14(16)2/h4-12H,3,13H2,1-2H3,(H,20,21). The van der Waals surface area contributed by atoms with Crippen LogP contribution in [0.3, 0.4) is 0 Å². The van der Waals surface area contributed by atoms with Crippen molar-refractivity contribution in [2.45, 2.75) is 20.3 Å². The van der Waals surface area contributed by atoms with Crippen molar-refractivity contribution in [2.24, 2.45) is 5.10 Å². The van der Waals surface area contributed by atoms with Crippen LogP contribution >= 0.6 is 0 Å². The summed E-state index contributed by atoms with van der Waals surface area (Å²) in [5, 5.41) is 3.94. The molecule has 0 aliphatic rings. The Morgan fingerprint density at radius 1 is 1.18 bits per heavy atom. The first-order chi connectivity index (χ1) is 10.7. The smallest absolute Gasteiger partial charge is 0.277 e. The zero-order valence-electron chi connectivity index (χ0n) is 12.9. The van der Waals surface area contributed by atoms with E-state index >= 15 is 0 Å². The number of hydrogen-bond donors (Lipinski definition) is 1. The van der Waals surface area contributed by atoms with E-state index in [1.807, 2.05) is 55.5 Å². The average Bonchev–Trinajstić information content (AvgIpc) is 2.55. The van der Waals surface area contributed by atoms with E-state index in [9.17, 15) is 4.79 Å². The molecule has 0 saturated carbocycles. The zero-order valence-corrected chi connectivity index (χ0v) is 12.9. The summed E-state index contributed by atoms with van der Waals surface area (Å²) in [6, 6.07) is 15.5. The van der Waals surface area contributed by atoms with Gasteiger partial charge in [0.2, 0.25) is 0 Å². The number of rotatable bonds is 6. The molecular formula is C18H20N2O2. The molecule has 0 unspecified atom stereocenters. The molecule has 0 aliphatic heterocycles. The number of nitrogens with zero attached hydrogens (tertiary/aromatic N) is 1. The lowest BCUT2D eigenvalue weighted by Crippen LogP contribution is -2.24. The van der Waals surface area contributed by atoms with Crippen molar-refractivity contribution in [2.75, 3.05) is 6.61 Å². The van der Waals surface area contributed by atoms with Crippen molar-refractivity contribution < 1.29 is 9.53 Å². The van der Waals surface area contributed by atoms with Crippen LogP contribution in [-0.2, 0) is 11.2 Å². The monoisotopic (exact) mass is 296 g/mol. The molecule has 4 heteroatoms. The van der Waals surface area contributed by atoms with E-state index in [4.69, 9.17) is 4.74 Å². The summed E-state index contributed by atoms with van der Waals surface area (Å²) in [5.41, 5.74) is 5.77. The normalized spacial score (nSPS) is 10.6. The summed E-state index contributed by atoms with van der Waals surface area (Å²) in [7, 11) is 0. The predicted octanol–water partition coefficient (Wildman–Crippen LogP) is 3.09. The predicted molar refractivity (Wildman–Crippen MR) is 88.2 cm³/mol. The molecule has 0 fully saturated rings. The second kappa shape index (κ2) is 7.98. The summed E-state index contributed by atoms with van der Waals surface area (Å²) < 4.78 is 5.41. The molecule has 2 rings (SSSR count). The van der Waals surface area contributed by atoms with Gasteiger partial charge < -0.3 is 4.74 Å². The minimum Gasteiger partial charge on any atom is -0.484 e. The van der Waals surface area contributed by atoms with Gasteiger partial charge in [0, 0.05) is 0 Å². The van der Waals surface area contributed by atoms with Crippen molar-refractivity contribution >= 4 is 12.1 Å². The van der Waals surface area contributed by atoms with Gasteiger partial charge in [0.1, 0.15) is 5.75 Å². The third-order valence-corrected chi connectivity index (χ3v) is 3.28. The number of carbonyl (C=O) groups is 1. The van der Waals surface area contributed by atoms with Crippen LogP contribution in [0.4, 0.5) is 0 Å². The zero-order chi connectivity index (χ0) is 15.8. The van der Waals surface area contributed by atoms with Gasteiger partial charge in [-0.2, -0.15) is 5.10 Å². The Balaban J connectivity index is 1.79. The molecule has 2 aromatic carbocycles. The number of carbonyl (C=O) groups excluding carboxylic acids is 1. The van der Waals surface area contributed by atoms with Gasteiger partial charge in [0.15, 0.2) is 6.61 Å². The van der Waals surface area contributed by atoms with Crippen LogP contribution in [0.5, 0.6) is 5.75 Å². The molecule has 0 atom stereocenters. The lowest BCUT2D eigenvalue weighted by molar-refractivity contribution is -0.123. The second-order valence-corrected chi connectivity index (χ2v) is 4.94. The number of ether oxygens (including phenoxy) is 1. The Morgan fingerprint density at radius 3 is 2.59 bits per heavy atom. The fourth-order valence-electron chi connectivity index (χ4n) is 1.91. The fourth-order valence-corrected chi connectivity index (χ4v) is 1.91. The highest BCUT2D eigenvalue weighted by molar-refractivity contribution is 5.84. The van der Waals surface area contributed by atoms with Gasteiger partial charge in [-0.15, -0.1) is 0 Å². The van der Waals surface area contributed by atoms with Crippen LogP contribution in [0.25, 0.3) is 0 Å². The number of benzene rings is 2. The van der Waals surface area contributed by atoms with Crippen molar-refractivity contribution in [3.63, 3.8) is 0 Å². The molecular weight excluding hydrogens is 276 g/mol. The van der Waals surface area contributed by atoms with Gasteiger partial charge in [-0.05, 0) is 42.2 Å². The summed E-state index contributed by atoms with van der Waals surface area (Å²) in [4.78, 5) is 11.7. The molecule has 1 N–H and O–H groups in total. The summed E-state index contributed by atoms with van der Waals surface area (Å²) in [6.07, 6.45) is 2.61. The third-order valence-electron chi connectivity index (χ3n) is 3.28. The Bertz CT molecular complexity index is 648. The first-order valence-corrected chi connectivity index (χ1v) is 7.28. The quantitative estimate of drug-likeness (QED) is 0.658. The summed E-state index contributed by atoms with van der Waals surface area (Å²) >= 11 is 0. The lowest BCUT2D eigenvalue weighted by Gasteiger charge is -2.05. The van der Waals surface area contributed by atoms with Gasteiger partial charge in [-0.25, -0.2) is 5.43 Å². The molecule has 0 radical (unpaired) electrons. The molecule has 0 saturated heterocycles.